The summed E-state index contributed by atoms with van der Waals surface area (Å²) in [7, 11) is 0. The van der Waals surface area contributed by atoms with Crippen LogP contribution in [0.5, 0.6) is 5.75 Å². The maximum atomic E-state index is 12.4. The molecule has 15 heavy (non-hydrogen) atoms. The first-order chi connectivity index (χ1) is 7.22. The van der Waals surface area contributed by atoms with Crippen molar-refractivity contribution in [2.75, 3.05) is 13.2 Å². The normalized spacial score (nSPS) is 9.40. The van der Waals surface area contributed by atoms with Crippen LogP contribution in [-0.2, 0) is 4.79 Å². The molecule has 1 aromatic heterocycles. The summed E-state index contributed by atoms with van der Waals surface area (Å²) < 4.78 is 17.4. The molecule has 0 saturated carbocycles. The Bertz CT molecular complexity index is 338. The van der Waals surface area contributed by atoms with E-state index < -0.39 is 5.95 Å². The Morgan fingerprint density at radius 3 is 3.07 bits per heavy atom. The number of ether oxygens (including phenoxy) is 1. The second-order valence-corrected chi connectivity index (χ2v) is 2.70. The molecule has 1 amide bonds. The maximum absolute atomic E-state index is 12.4. The molecular weight excluding hydrogens is 199 g/mol. The van der Waals surface area contributed by atoms with Gasteiger partial charge in [0.05, 0.1) is 6.20 Å². The maximum Gasteiger partial charge on any atom is 0.258 e. The van der Waals surface area contributed by atoms with Gasteiger partial charge >= 0.3 is 0 Å². The fourth-order valence-corrected chi connectivity index (χ4v) is 0.834. The summed E-state index contributed by atoms with van der Waals surface area (Å²) in [6, 6.07) is 2.57. The summed E-state index contributed by atoms with van der Waals surface area (Å²) in [4.78, 5) is 14.4. The van der Waals surface area contributed by atoms with Crippen LogP contribution < -0.4 is 10.1 Å². The van der Waals surface area contributed by atoms with Crippen molar-refractivity contribution >= 4 is 5.91 Å². The van der Waals surface area contributed by atoms with Crippen molar-refractivity contribution in [1.29, 1.82) is 0 Å². The van der Waals surface area contributed by atoms with Crippen LogP contribution in [0.15, 0.2) is 31.0 Å². The molecule has 1 N–H and O–H groups in total. The van der Waals surface area contributed by atoms with E-state index in [1.807, 2.05) is 0 Å². The fraction of sp³-hybridized carbons (Fsp3) is 0.200. The Kier molecular flexibility index (Phi) is 4.28. The van der Waals surface area contributed by atoms with Gasteiger partial charge < -0.3 is 10.1 Å². The third-order valence-corrected chi connectivity index (χ3v) is 1.51. The lowest BCUT2D eigenvalue weighted by molar-refractivity contribution is -0.122. The molecule has 5 heteroatoms. The number of halogens is 1. The largest absolute Gasteiger partial charge is 0.482 e. The van der Waals surface area contributed by atoms with E-state index in [9.17, 15) is 9.18 Å². The zero-order valence-corrected chi connectivity index (χ0v) is 8.07. The number of hydrogen-bond donors (Lipinski definition) is 1. The number of rotatable bonds is 5. The quantitative estimate of drug-likeness (QED) is 0.580. The Morgan fingerprint density at radius 2 is 2.47 bits per heavy atom. The molecule has 4 nitrogen and oxygen atoms in total. The van der Waals surface area contributed by atoms with Crippen molar-refractivity contribution in [1.82, 2.24) is 10.3 Å². The van der Waals surface area contributed by atoms with E-state index in [-0.39, 0.29) is 12.5 Å². The molecule has 0 bridgehead atoms. The molecule has 0 fully saturated rings. The summed E-state index contributed by atoms with van der Waals surface area (Å²) in [6.07, 6.45) is 2.79. The number of aromatic nitrogens is 1. The summed E-state index contributed by atoms with van der Waals surface area (Å²) in [5.41, 5.74) is 0. The standard InChI is InChI=1S/C10H11FN2O2/c1-2-5-12-10(14)7-15-8-3-4-9(11)13-6-8/h2-4,6H,1,5,7H2,(H,12,14). The molecule has 0 atom stereocenters. The van der Waals surface area contributed by atoms with Gasteiger partial charge in [0, 0.05) is 6.54 Å². The highest BCUT2D eigenvalue weighted by molar-refractivity contribution is 5.77. The average molecular weight is 210 g/mol. The van der Waals surface area contributed by atoms with E-state index >= 15 is 0 Å². The first kappa shape index (κ1) is 11.2. The minimum Gasteiger partial charge on any atom is -0.482 e. The van der Waals surface area contributed by atoms with Gasteiger partial charge in [0.1, 0.15) is 5.75 Å². The van der Waals surface area contributed by atoms with Gasteiger partial charge in [-0.25, -0.2) is 4.98 Å². The summed E-state index contributed by atoms with van der Waals surface area (Å²) in [5, 5.41) is 2.54. The van der Waals surface area contributed by atoms with E-state index in [2.05, 4.69) is 16.9 Å². The topological polar surface area (TPSA) is 51.2 Å². The fourth-order valence-electron chi connectivity index (χ4n) is 0.834. The van der Waals surface area contributed by atoms with Crippen molar-refractivity contribution in [2.24, 2.45) is 0 Å². The van der Waals surface area contributed by atoms with Gasteiger partial charge in [0.2, 0.25) is 5.95 Å². The Balaban J connectivity index is 2.33. The average Bonchev–Trinajstić information content (AvgIpc) is 2.25. The molecule has 1 rings (SSSR count). The molecule has 80 valence electrons. The summed E-state index contributed by atoms with van der Waals surface area (Å²) in [6.45, 7) is 3.72. The molecule has 0 aliphatic rings. The van der Waals surface area contributed by atoms with E-state index in [4.69, 9.17) is 4.74 Å². The number of carbonyl (C=O) groups is 1. The first-order valence-corrected chi connectivity index (χ1v) is 4.34. The molecule has 0 unspecified atom stereocenters. The smallest absolute Gasteiger partial charge is 0.258 e. The number of nitrogens with zero attached hydrogens (tertiary/aromatic N) is 1. The van der Waals surface area contributed by atoms with Crippen LogP contribution in [0, 0.1) is 5.95 Å². The number of carbonyl (C=O) groups excluding carboxylic acids is 1. The van der Waals surface area contributed by atoms with Crippen LogP contribution in [0.1, 0.15) is 0 Å². The van der Waals surface area contributed by atoms with Gasteiger partial charge in [-0.05, 0) is 12.1 Å². The molecular formula is C10H11FN2O2. The highest BCUT2D eigenvalue weighted by Crippen LogP contribution is 2.07. The number of pyridine rings is 1. The van der Waals surface area contributed by atoms with Crippen LogP contribution in [0.2, 0.25) is 0 Å². The SMILES string of the molecule is C=CCNC(=O)COc1ccc(F)nc1. The number of amides is 1. The number of nitrogens with one attached hydrogen (secondary N) is 1. The van der Waals surface area contributed by atoms with Crippen molar-refractivity contribution in [3.8, 4) is 5.75 Å². The van der Waals surface area contributed by atoms with Gasteiger partial charge in [-0.1, -0.05) is 6.08 Å². The van der Waals surface area contributed by atoms with Gasteiger partial charge in [-0.15, -0.1) is 6.58 Å². The Labute approximate surface area is 86.8 Å². The second-order valence-electron chi connectivity index (χ2n) is 2.70. The first-order valence-electron chi connectivity index (χ1n) is 4.34. The second kappa shape index (κ2) is 5.74. The van der Waals surface area contributed by atoms with Gasteiger partial charge in [-0.3, -0.25) is 4.79 Å². The van der Waals surface area contributed by atoms with Gasteiger partial charge in [0.15, 0.2) is 6.61 Å². The van der Waals surface area contributed by atoms with Crippen molar-refractivity contribution in [2.45, 2.75) is 0 Å². The molecule has 0 saturated heterocycles. The zero-order valence-electron chi connectivity index (χ0n) is 8.07. The third kappa shape index (κ3) is 4.21. The lowest BCUT2D eigenvalue weighted by Crippen LogP contribution is -2.28. The molecule has 1 aromatic rings. The monoisotopic (exact) mass is 210 g/mol. The van der Waals surface area contributed by atoms with E-state index in [0.29, 0.717) is 12.3 Å². The van der Waals surface area contributed by atoms with E-state index in [1.54, 1.807) is 6.08 Å². The number of hydrogen-bond acceptors (Lipinski definition) is 3. The lowest BCUT2D eigenvalue weighted by atomic mass is 10.4. The lowest BCUT2D eigenvalue weighted by Gasteiger charge is -2.05. The third-order valence-electron chi connectivity index (χ3n) is 1.51. The highest BCUT2D eigenvalue weighted by Gasteiger charge is 2.01. The van der Waals surface area contributed by atoms with Crippen LogP contribution >= 0.6 is 0 Å². The van der Waals surface area contributed by atoms with Crippen molar-refractivity contribution in [3.05, 3.63) is 36.9 Å². The summed E-state index contributed by atoms with van der Waals surface area (Å²) in [5.74, 6) is -0.497. The predicted octanol–water partition coefficient (Wildman–Crippen LogP) is 0.902. The molecule has 0 aliphatic heterocycles. The zero-order chi connectivity index (χ0) is 11.1. The van der Waals surface area contributed by atoms with Crippen LogP contribution in [0.25, 0.3) is 0 Å². The molecule has 0 radical (unpaired) electrons. The van der Waals surface area contributed by atoms with E-state index in [0.717, 1.165) is 6.07 Å². The van der Waals surface area contributed by atoms with E-state index in [1.165, 1.54) is 12.3 Å². The Morgan fingerprint density at radius 1 is 1.67 bits per heavy atom. The van der Waals surface area contributed by atoms with Crippen LogP contribution in [0.3, 0.4) is 0 Å². The Hall–Kier alpha value is -1.91. The highest BCUT2D eigenvalue weighted by atomic mass is 19.1. The minimum absolute atomic E-state index is 0.124. The minimum atomic E-state index is -0.585. The molecule has 0 spiro atoms. The summed E-state index contributed by atoms with van der Waals surface area (Å²) >= 11 is 0. The molecule has 1 heterocycles. The van der Waals surface area contributed by atoms with Crippen molar-refractivity contribution < 1.29 is 13.9 Å². The molecule has 0 aromatic carbocycles. The van der Waals surface area contributed by atoms with Crippen LogP contribution in [0.4, 0.5) is 4.39 Å². The van der Waals surface area contributed by atoms with Crippen LogP contribution in [-0.4, -0.2) is 24.0 Å². The van der Waals surface area contributed by atoms with Gasteiger partial charge in [-0.2, -0.15) is 4.39 Å². The van der Waals surface area contributed by atoms with Gasteiger partial charge in [0.25, 0.3) is 5.91 Å². The molecule has 0 aliphatic carbocycles. The van der Waals surface area contributed by atoms with Crippen molar-refractivity contribution in [3.63, 3.8) is 0 Å². The predicted molar refractivity (Wildman–Crippen MR) is 52.9 cm³/mol.